The molecule has 98 valence electrons. The van der Waals surface area contributed by atoms with E-state index in [1.807, 2.05) is 31.3 Å². The Labute approximate surface area is 112 Å². The number of alkyl halides is 1. The maximum Gasteiger partial charge on any atom is 0.151 e. The second kappa shape index (κ2) is 7.01. The van der Waals surface area contributed by atoms with Crippen LogP contribution >= 0.6 is 12.4 Å². The average Bonchev–Trinajstić information content (AvgIpc) is 2.69. The van der Waals surface area contributed by atoms with Crippen molar-refractivity contribution in [3.05, 3.63) is 47.7 Å². The van der Waals surface area contributed by atoms with Gasteiger partial charge in [-0.15, -0.1) is 12.4 Å². The van der Waals surface area contributed by atoms with Gasteiger partial charge in [-0.2, -0.15) is 5.10 Å². The van der Waals surface area contributed by atoms with Crippen molar-refractivity contribution in [1.29, 1.82) is 0 Å². The average molecular weight is 270 g/mol. The topological polar surface area (TPSA) is 29.9 Å². The zero-order valence-corrected chi connectivity index (χ0v) is 11.1. The van der Waals surface area contributed by atoms with E-state index in [0.717, 1.165) is 17.9 Å². The molecule has 1 aromatic carbocycles. The molecule has 3 nitrogen and oxygen atoms in total. The summed E-state index contributed by atoms with van der Waals surface area (Å²) in [6, 6.07) is 10.1. The molecule has 0 radical (unpaired) electrons. The molecule has 2 aromatic rings. The van der Waals surface area contributed by atoms with E-state index in [4.69, 9.17) is 0 Å². The van der Waals surface area contributed by atoms with Gasteiger partial charge in [0, 0.05) is 18.3 Å². The summed E-state index contributed by atoms with van der Waals surface area (Å²) in [5.74, 6) is 0.822. The molecule has 0 aliphatic rings. The van der Waals surface area contributed by atoms with Crippen LogP contribution in [0.2, 0.25) is 0 Å². The number of benzene rings is 1. The predicted molar refractivity (Wildman–Crippen MR) is 74.0 cm³/mol. The lowest BCUT2D eigenvalue weighted by Gasteiger charge is -2.03. The second-order valence-electron chi connectivity index (χ2n) is 3.95. The Bertz CT molecular complexity index is 470. The standard InChI is InChI=1S/C13H16FN3.ClH/c1-11-10-17(8-7-14)16-13(11)15-9-12-5-3-2-4-6-12;/h2-6,10H,7-9H2,1H3,(H,15,16);1H. The number of halogens is 2. The Balaban J connectivity index is 0.00000162. The maximum absolute atomic E-state index is 12.2. The molecular formula is C13H17ClFN3. The van der Waals surface area contributed by atoms with Gasteiger partial charge in [-0.05, 0) is 12.5 Å². The number of aromatic nitrogens is 2. The van der Waals surface area contributed by atoms with E-state index in [2.05, 4.69) is 22.5 Å². The fourth-order valence-electron chi connectivity index (χ4n) is 1.68. The van der Waals surface area contributed by atoms with Crippen LogP contribution in [0.15, 0.2) is 36.5 Å². The van der Waals surface area contributed by atoms with Gasteiger partial charge < -0.3 is 5.32 Å². The minimum Gasteiger partial charge on any atom is -0.364 e. The van der Waals surface area contributed by atoms with E-state index < -0.39 is 0 Å². The molecule has 0 fully saturated rings. The quantitative estimate of drug-likeness (QED) is 0.903. The van der Waals surface area contributed by atoms with Crippen LogP contribution in [0.3, 0.4) is 0 Å². The highest BCUT2D eigenvalue weighted by atomic mass is 35.5. The molecule has 0 saturated carbocycles. The molecule has 0 saturated heterocycles. The molecule has 0 atom stereocenters. The zero-order valence-electron chi connectivity index (χ0n) is 10.3. The van der Waals surface area contributed by atoms with Crippen LogP contribution in [0.1, 0.15) is 11.1 Å². The first-order chi connectivity index (χ1) is 8.29. The second-order valence-corrected chi connectivity index (χ2v) is 3.95. The van der Waals surface area contributed by atoms with Gasteiger partial charge in [0.2, 0.25) is 0 Å². The molecule has 0 aliphatic heterocycles. The minimum absolute atomic E-state index is 0. The van der Waals surface area contributed by atoms with Crippen molar-refractivity contribution in [3.63, 3.8) is 0 Å². The molecular weight excluding hydrogens is 253 g/mol. The molecule has 1 N–H and O–H groups in total. The smallest absolute Gasteiger partial charge is 0.151 e. The van der Waals surface area contributed by atoms with Crippen LogP contribution in [0.25, 0.3) is 0 Å². The molecule has 18 heavy (non-hydrogen) atoms. The molecule has 1 heterocycles. The van der Waals surface area contributed by atoms with Gasteiger partial charge in [0.15, 0.2) is 5.82 Å². The maximum atomic E-state index is 12.2. The number of anilines is 1. The third kappa shape index (κ3) is 3.74. The van der Waals surface area contributed by atoms with Gasteiger partial charge in [-0.3, -0.25) is 4.68 Å². The van der Waals surface area contributed by atoms with Crippen molar-refractivity contribution >= 4 is 18.2 Å². The fraction of sp³-hybridized carbons (Fsp3) is 0.308. The Kier molecular flexibility index (Phi) is 5.65. The van der Waals surface area contributed by atoms with Crippen LogP contribution in [-0.2, 0) is 13.1 Å². The number of hydrogen-bond donors (Lipinski definition) is 1. The number of hydrogen-bond acceptors (Lipinski definition) is 2. The van der Waals surface area contributed by atoms with Gasteiger partial charge in [-0.1, -0.05) is 30.3 Å². The van der Waals surface area contributed by atoms with Crippen molar-refractivity contribution < 1.29 is 4.39 Å². The summed E-state index contributed by atoms with van der Waals surface area (Å²) in [4.78, 5) is 0. The highest BCUT2D eigenvalue weighted by Gasteiger charge is 2.04. The van der Waals surface area contributed by atoms with Crippen molar-refractivity contribution in [2.75, 3.05) is 12.0 Å². The molecule has 0 spiro atoms. The zero-order chi connectivity index (χ0) is 12.1. The minimum atomic E-state index is -0.390. The first-order valence-electron chi connectivity index (χ1n) is 5.67. The predicted octanol–water partition coefficient (Wildman–Crippen LogP) is 3.19. The van der Waals surface area contributed by atoms with Crippen molar-refractivity contribution in [3.8, 4) is 0 Å². The summed E-state index contributed by atoms with van der Waals surface area (Å²) in [6.45, 7) is 2.62. The highest BCUT2D eigenvalue weighted by Crippen LogP contribution is 2.12. The Morgan fingerprint density at radius 1 is 1.28 bits per heavy atom. The first-order valence-corrected chi connectivity index (χ1v) is 5.67. The van der Waals surface area contributed by atoms with Crippen LogP contribution in [-0.4, -0.2) is 16.5 Å². The Morgan fingerprint density at radius 3 is 2.67 bits per heavy atom. The SMILES string of the molecule is Cc1cn(CCF)nc1NCc1ccccc1.Cl. The highest BCUT2D eigenvalue weighted by molar-refractivity contribution is 5.85. The van der Waals surface area contributed by atoms with Crippen molar-refractivity contribution in [2.24, 2.45) is 0 Å². The summed E-state index contributed by atoms with van der Waals surface area (Å²) < 4.78 is 13.8. The van der Waals surface area contributed by atoms with E-state index in [1.54, 1.807) is 4.68 Å². The van der Waals surface area contributed by atoms with Crippen LogP contribution < -0.4 is 5.32 Å². The van der Waals surface area contributed by atoms with E-state index in [-0.39, 0.29) is 19.1 Å². The van der Waals surface area contributed by atoms with Crippen LogP contribution in [0.4, 0.5) is 10.2 Å². The van der Waals surface area contributed by atoms with Gasteiger partial charge in [0.1, 0.15) is 6.67 Å². The molecule has 2 rings (SSSR count). The normalized spacial score (nSPS) is 9.89. The van der Waals surface area contributed by atoms with E-state index in [0.29, 0.717) is 6.54 Å². The molecule has 0 aliphatic carbocycles. The molecule has 0 bridgehead atoms. The third-order valence-corrected chi connectivity index (χ3v) is 2.56. The summed E-state index contributed by atoms with van der Waals surface area (Å²) in [6.07, 6.45) is 1.85. The fourth-order valence-corrected chi connectivity index (χ4v) is 1.68. The molecule has 0 unspecified atom stereocenters. The Hall–Kier alpha value is -1.55. The summed E-state index contributed by atoms with van der Waals surface area (Å²) in [5, 5.41) is 7.53. The third-order valence-electron chi connectivity index (χ3n) is 2.56. The van der Waals surface area contributed by atoms with Crippen LogP contribution in [0.5, 0.6) is 0 Å². The lowest BCUT2D eigenvalue weighted by molar-refractivity contribution is 0.427. The van der Waals surface area contributed by atoms with Crippen molar-refractivity contribution in [1.82, 2.24) is 9.78 Å². The molecule has 5 heteroatoms. The summed E-state index contributed by atoms with van der Waals surface area (Å²) in [5.41, 5.74) is 2.24. The Morgan fingerprint density at radius 2 is 2.00 bits per heavy atom. The first kappa shape index (κ1) is 14.5. The lowest BCUT2D eigenvalue weighted by atomic mass is 10.2. The monoisotopic (exact) mass is 269 g/mol. The van der Waals surface area contributed by atoms with Gasteiger partial charge >= 0.3 is 0 Å². The van der Waals surface area contributed by atoms with Crippen molar-refractivity contribution in [2.45, 2.75) is 20.0 Å². The number of aryl methyl sites for hydroxylation is 2. The molecule has 1 aromatic heterocycles. The largest absolute Gasteiger partial charge is 0.364 e. The van der Waals surface area contributed by atoms with E-state index in [9.17, 15) is 4.39 Å². The van der Waals surface area contributed by atoms with Gasteiger partial charge in [0.25, 0.3) is 0 Å². The molecule has 0 amide bonds. The summed E-state index contributed by atoms with van der Waals surface area (Å²) in [7, 11) is 0. The number of nitrogens with zero attached hydrogens (tertiary/aromatic N) is 2. The van der Waals surface area contributed by atoms with Gasteiger partial charge in [0.05, 0.1) is 6.54 Å². The van der Waals surface area contributed by atoms with E-state index >= 15 is 0 Å². The van der Waals surface area contributed by atoms with Crippen LogP contribution in [0, 0.1) is 6.92 Å². The summed E-state index contributed by atoms with van der Waals surface area (Å²) >= 11 is 0. The number of rotatable bonds is 5. The lowest BCUT2D eigenvalue weighted by Crippen LogP contribution is -2.03. The number of nitrogens with one attached hydrogen (secondary N) is 1. The van der Waals surface area contributed by atoms with Gasteiger partial charge in [-0.25, -0.2) is 4.39 Å². The van der Waals surface area contributed by atoms with E-state index in [1.165, 1.54) is 5.56 Å².